The van der Waals surface area contributed by atoms with Crippen LogP contribution in [0.2, 0.25) is 0 Å². The van der Waals surface area contributed by atoms with Gasteiger partial charge in [0, 0.05) is 55.4 Å². The summed E-state index contributed by atoms with van der Waals surface area (Å²) in [6.07, 6.45) is 10.5. The van der Waals surface area contributed by atoms with E-state index in [0.717, 1.165) is 16.7 Å². The van der Waals surface area contributed by atoms with Gasteiger partial charge in [-0.3, -0.25) is 15.0 Å². The second kappa shape index (κ2) is 10.0. The SMILES string of the molecule is c1cc(COc2cc(OCc3ccncc3)cc(OCc3ccncc3)c2)ccn1. The molecule has 4 rings (SSSR count). The van der Waals surface area contributed by atoms with Crippen LogP contribution >= 0.6 is 0 Å². The van der Waals surface area contributed by atoms with E-state index in [9.17, 15) is 0 Å². The molecular weight excluding hydrogens is 378 g/mol. The number of nitrogens with zero attached hydrogens (tertiary/aromatic N) is 3. The monoisotopic (exact) mass is 399 g/mol. The minimum Gasteiger partial charge on any atom is -0.489 e. The second-order valence-corrected chi connectivity index (χ2v) is 6.57. The first-order chi connectivity index (χ1) is 14.8. The summed E-state index contributed by atoms with van der Waals surface area (Å²) in [6, 6.07) is 17.1. The summed E-state index contributed by atoms with van der Waals surface area (Å²) in [5.41, 5.74) is 3.10. The van der Waals surface area contributed by atoms with Gasteiger partial charge >= 0.3 is 0 Å². The van der Waals surface area contributed by atoms with E-state index < -0.39 is 0 Å². The third kappa shape index (κ3) is 5.78. The Kier molecular flexibility index (Phi) is 6.48. The summed E-state index contributed by atoms with van der Waals surface area (Å²) < 4.78 is 17.9. The molecule has 30 heavy (non-hydrogen) atoms. The number of pyridine rings is 3. The van der Waals surface area contributed by atoms with Gasteiger partial charge in [0.1, 0.15) is 37.1 Å². The van der Waals surface area contributed by atoms with Crippen LogP contribution in [0.25, 0.3) is 0 Å². The Morgan fingerprint density at radius 3 is 0.967 bits per heavy atom. The molecule has 6 nitrogen and oxygen atoms in total. The molecule has 3 heterocycles. The molecule has 0 aliphatic rings. The van der Waals surface area contributed by atoms with Gasteiger partial charge in [-0.05, 0) is 53.1 Å². The summed E-state index contributed by atoms with van der Waals surface area (Å²) in [4.78, 5) is 12.1. The highest BCUT2D eigenvalue weighted by Gasteiger charge is 2.07. The zero-order chi connectivity index (χ0) is 20.4. The number of rotatable bonds is 9. The minimum absolute atomic E-state index is 0.431. The fourth-order valence-electron chi connectivity index (χ4n) is 2.73. The molecule has 0 radical (unpaired) electrons. The molecule has 1 aromatic carbocycles. The van der Waals surface area contributed by atoms with Crippen molar-refractivity contribution in [1.82, 2.24) is 15.0 Å². The summed E-state index contributed by atoms with van der Waals surface area (Å²) >= 11 is 0. The van der Waals surface area contributed by atoms with Gasteiger partial charge < -0.3 is 14.2 Å². The quantitative estimate of drug-likeness (QED) is 0.410. The molecule has 0 saturated carbocycles. The molecule has 0 aliphatic heterocycles. The molecule has 0 saturated heterocycles. The van der Waals surface area contributed by atoms with Crippen LogP contribution in [-0.4, -0.2) is 15.0 Å². The molecule has 0 spiro atoms. The molecule has 0 N–H and O–H groups in total. The van der Waals surface area contributed by atoms with E-state index in [4.69, 9.17) is 14.2 Å². The van der Waals surface area contributed by atoms with Crippen LogP contribution in [0, 0.1) is 0 Å². The lowest BCUT2D eigenvalue weighted by Crippen LogP contribution is -2.00. The van der Waals surface area contributed by atoms with Crippen LogP contribution in [0.15, 0.2) is 91.8 Å². The minimum atomic E-state index is 0.431. The third-order valence-electron chi connectivity index (χ3n) is 4.32. The fourth-order valence-corrected chi connectivity index (χ4v) is 2.73. The van der Waals surface area contributed by atoms with E-state index in [0.29, 0.717) is 37.1 Å². The maximum absolute atomic E-state index is 5.97. The zero-order valence-electron chi connectivity index (χ0n) is 16.3. The molecular formula is C24H21N3O3. The molecule has 4 aromatic rings. The molecule has 0 unspecified atom stereocenters. The summed E-state index contributed by atoms with van der Waals surface area (Å²) in [7, 11) is 0. The first-order valence-corrected chi connectivity index (χ1v) is 9.55. The Hall–Kier alpha value is -3.93. The van der Waals surface area contributed by atoms with Gasteiger partial charge in [0.25, 0.3) is 0 Å². The van der Waals surface area contributed by atoms with E-state index in [1.165, 1.54) is 0 Å². The molecule has 0 amide bonds. The highest BCUT2D eigenvalue weighted by molar-refractivity contribution is 5.42. The lowest BCUT2D eigenvalue weighted by atomic mass is 10.2. The zero-order valence-corrected chi connectivity index (χ0v) is 16.3. The number of ether oxygens (including phenoxy) is 3. The van der Waals surface area contributed by atoms with Crippen molar-refractivity contribution in [2.24, 2.45) is 0 Å². The van der Waals surface area contributed by atoms with E-state index in [-0.39, 0.29) is 0 Å². The number of hydrogen-bond acceptors (Lipinski definition) is 6. The predicted octanol–water partition coefficient (Wildman–Crippen LogP) is 4.61. The van der Waals surface area contributed by atoms with Crippen molar-refractivity contribution in [2.45, 2.75) is 19.8 Å². The van der Waals surface area contributed by atoms with Crippen molar-refractivity contribution in [3.63, 3.8) is 0 Å². The van der Waals surface area contributed by atoms with Crippen LogP contribution in [-0.2, 0) is 19.8 Å². The predicted molar refractivity (Wildman–Crippen MR) is 112 cm³/mol. The van der Waals surface area contributed by atoms with Gasteiger partial charge in [-0.2, -0.15) is 0 Å². The van der Waals surface area contributed by atoms with Crippen molar-refractivity contribution in [2.75, 3.05) is 0 Å². The third-order valence-corrected chi connectivity index (χ3v) is 4.32. The Morgan fingerprint density at radius 1 is 0.433 bits per heavy atom. The van der Waals surface area contributed by atoms with Crippen molar-refractivity contribution >= 4 is 0 Å². The Balaban J connectivity index is 1.48. The van der Waals surface area contributed by atoms with Crippen molar-refractivity contribution in [1.29, 1.82) is 0 Å². The first-order valence-electron chi connectivity index (χ1n) is 9.55. The van der Waals surface area contributed by atoms with Gasteiger partial charge in [-0.25, -0.2) is 0 Å². The summed E-state index contributed by atoms with van der Waals surface area (Å²) in [5.74, 6) is 2.01. The standard InChI is InChI=1S/C24H21N3O3/c1-7-25-8-2-19(1)16-28-22-13-23(29-17-20-3-9-26-10-4-20)15-24(14-22)30-18-21-5-11-27-12-6-21/h1-15H,16-18H2. The maximum atomic E-state index is 5.97. The molecule has 0 atom stereocenters. The van der Waals surface area contributed by atoms with Crippen molar-refractivity contribution in [3.05, 3.63) is 108 Å². The average molecular weight is 399 g/mol. The Morgan fingerprint density at radius 2 is 0.700 bits per heavy atom. The number of aromatic nitrogens is 3. The normalized spacial score (nSPS) is 10.4. The number of hydrogen-bond donors (Lipinski definition) is 0. The van der Waals surface area contributed by atoms with E-state index in [2.05, 4.69) is 15.0 Å². The summed E-state index contributed by atoms with van der Waals surface area (Å²) in [5, 5.41) is 0. The molecule has 0 aliphatic carbocycles. The van der Waals surface area contributed by atoms with Crippen LogP contribution in [0.1, 0.15) is 16.7 Å². The van der Waals surface area contributed by atoms with Crippen LogP contribution in [0.5, 0.6) is 17.2 Å². The van der Waals surface area contributed by atoms with E-state index >= 15 is 0 Å². The van der Waals surface area contributed by atoms with E-state index in [1.54, 1.807) is 37.2 Å². The average Bonchev–Trinajstić information content (AvgIpc) is 2.82. The molecule has 0 bridgehead atoms. The van der Waals surface area contributed by atoms with Crippen LogP contribution < -0.4 is 14.2 Å². The molecule has 150 valence electrons. The lowest BCUT2D eigenvalue weighted by Gasteiger charge is -2.13. The van der Waals surface area contributed by atoms with Crippen LogP contribution in [0.3, 0.4) is 0 Å². The van der Waals surface area contributed by atoms with E-state index in [1.807, 2.05) is 54.6 Å². The van der Waals surface area contributed by atoms with Crippen molar-refractivity contribution < 1.29 is 14.2 Å². The molecule has 6 heteroatoms. The topological polar surface area (TPSA) is 66.4 Å². The number of benzene rings is 1. The fraction of sp³-hybridized carbons (Fsp3) is 0.125. The highest BCUT2D eigenvalue weighted by atomic mass is 16.5. The van der Waals surface area contributed by atoms with Gasteiger partial charge in [0.15, 0.2) is 0 Å². The Bertz CT molecular complexity index is 896. The van der Waals surface area contributed by atoms with Gasteiger partial charge in [-0.15, -0.1) is 0 Å². The van der Waals surface area contributed by atoms with Gasteiger partial charge in [0.05, 0.1) is 0 Å². The summed E-state index contributed by atoms with van der Waals surface area (Å²) in [6.45, 7) is 1.29. The largest absolute Gasteiger partial charge is 0.489 e. The maximum Gasteiger partial charge on any atom is 0.127 e. The second-order valence-electron chi connectivity index (χ2n) is 6.57. The smallest absolute Gasteiger partial charge is 0.127 e. The van der Waals surface area contributed by atoms with Gasteiger partial charge in [-0.1, -0.05) is 0 Å². The molecule has 3 aromatic heterocycles. The van der Waals surface area contributed by atoms with Crippen molar-refractivity contribution in [3.8, 4) is 17.2 Å². The lowest BCUT2D eigenvalue weighted by molar-refractivity contribution is 0.274. The van der Waals surface area contributed by atoms with Crippen LogP contribution in [0.4, 0.5) is 0 Å². The first kappa shape index (κ1) is 19.4. The highest BCUT2D eigenvalue weighted by Crippen LogP contribution is 2.29. The Labute approximate surface area is 175 Å². The van der Waals surface area contributed by atoms with Gasteiger partial charge in [0.2, 0.25) is 0 Å². The molecule has 0 fully saturated rings.